The predicted octanol–water partition coefficient (Wildman–Crippen LogP) is 1.56. The highest BCUT2D eigenvalue weighted by atomic mass is 32.2. The Labute approximate surface area is 106 Å². The van der Waals surface area contributed by atoms with E-state index in [9.17, 15) is 8.42 Å². The molecule has 2 N–H and O–H groups in total. The minimum atomic E-state index is -3.13. The molecule has 0 saturated heterocycles. The van der Waals surface area contributed by atoms with E-state index in [1.807, 2.05) is 13.8 Å². The molecule has 0 heterocycles. The Kier molecular flexibility index (Phi) is 5.41. The van der Waals surface area contributed by atoms with Crippen LogP contribution in [-0.2, 0) is 10.0 Å². The molecule has 4 nitrogen and oxygen atoms in total. The predicted molar refractivity (Wildman–Crippen MR) is 71.2 cm³/mol. The number of nitrogens with zero attached hydrogens (tertiary/aromatic N) is 1. The first-order chi connectivity index (χ1) is 7.84. The van der Waals surface area contributed by atoms with Crippen LogP contribution in [0, 0.1) is 5.92 Å². The zero-order valence-electron chi connectivity index (χ0n) is 11.2. The summed E-state index contributed by atoms with van der Waals surface area (Å²) >= 11 is 0. The van der Waals surface area contributed by atoms with Gasteiger partial charge in [-0.05, 0) is 25.2 Å². The van der Waals surface area contributed by atoms with Gasteiger partial charge in [-0.1, -0.05) is 26.7 Å². The van der Waals surface area contributed by atoms with Crippen molar-refractivity contribution in [3.8, 4) is 0 Å². The van der Waals surface area contributed by atoms with Gasteiger partial charge in [-0.3, -0.25) is 0 Å². The van der Waals surface area contributed by atoms with E-state index in [1.165, 1.54) is 4.31 Å². The van der Waals surface area contributed by atoms with Crippen molar-refractivity contribution in [2.75, 3.05) is 12.8 Å². The minimum absolute atomic E-state index is 0.000845. The van der Waals surface area contributed by atoms with Gasteiger partial charge < -0.3 is 5.73 Å². The van der Waals surface area contributed by atoms with Crippen LogP contribution in [-0.4, -0.2) is 37.6 Å². The summed E-state index contributed by atoms with van der Waals surface area (Å²) in [5.41, 5.74) is 6.03. The molecule has 0 aromatic heterocycles. The van der Waals surface area contributed by atoms with E-state index in [0.29, 0.717) is 12.3 Å². The van der Waals surface area contributed by atoms with Gasteiger partial charge in [0, 0.05) is 19.1 Å². The summed E-state index contributed by atoms with van der Waals surface area (Å²) in [7, 11) is -1.45. The summed E-state index contributed by atoms with van der Waals surface area (Å²) in [6, 6.07) is 0.00323. The Balaban J connectivity index is 2.63. The zero-order chi connectivity index (χ0) is 13.1. The Morgan fingerprint density at radius 2 is 1.88 bits per heavy atom. The van der Waals surface area contributed by atoms with Crippen molar-refractivity contribution in [2.24, 2.45) is 11.7 Å². The standard InChI is InChI=1S/C12H26N2O2S/c1-10(2)8-9-17(15,16)14(3)12-7-5-4-6-11(12)13/h10-12H,4-9,13H2,1-3H3. The van der Waals surface area contributed by atoms with Crippen molar-refractivity contribution in [1.29, 1.82) is 0 Å². The number of nitrogens with two attached hydrogens (primary N) is 1. The van der Waals surface area contributed by atoms with Gasteiger partial charge in [0.1, 0.15) is 0 Å². The molecule has 0 amide bonds. The maximum Gasteiger partial charge on any atom is 0.214 e. The quantitative estimate of drug-likeness (QED) is 0.818. The molecule has 2 unspecified atom stereocenters. The van der Waals surface area contributed by atoms with Crippen LogP contribution in [0.4, 0.5) is 0 Å². The molecule has 0 bridgehead atoms. The summed E-state index contributed by atoms with van der Waals surface area (Å²) in [4.78, 5) is 0. The number of likely N-dealkylation sites (N-methyl/N-ethyl adjacent to an activating group) is 1. The van der Waals surface area contributed by atoms with Crippen molar-refractivity contribution >= 4 is 10.0 Å². The molecule has 1 rings (SSSR count). The second kappa shape index (κ2) is 6.16. The first-order valence-corrected chi connectivity index (χ1v) is 8.17. The van der Waals surface area contributed by atoms with Gasteiger partial charge in [-0.15, -0.1) is 0 Å². The summed E-state index contributed by atoms with van der Waals surface area (Å²) in [6.45, 7) is 4.09. The first kappa shape index (κ1) is 14.9. The SMILES string of the molecule is CC(C)CCS(=O)(=O)N(C)C1CCCCC1N. The van der Waals surface area contributed by atoms with Gasteiger partial charge in [-0.25, -0.2) is 12.7 Å². The summed E-state index contributed by atoms with van der Waals surface area (Å²) in [6.07, 6.45) is 4.77. The van der Waals surface area contributed by atoms with Crippen LogP contribution < -0.4 is 5.73 Å². The van der Waals surface area contributed by atoms with Crippen molar-refractivity contribution < 1.29 is 8.42 Å². The third-order valence-electron chi connectivity index (χ3n) is 3.64. The molecule has 1 aliphatic carbocycles. The Morgan fingerprint density at radius 1 is 1.29 bits per heavy atom. The molecule has 0 aliphatic heterocycles. The van der Waals surface area contributed by atoms with Crippen LogP contribution in [0.2, 0.25) is 0 Å². The fraction of sp³-hybridized carbons (Fsp3) is 1.00. The van der Waals surface area contributed by atoms with Crippen LogP contribution in [0.3, 0.4) is 0 Å². The van der Waals surface area contributed by atoms with Crippen LogP contribution in [0.25, 0.3) is 0 Å². The monoisotopic (exact) mass is 262 g/mol. The third kappa shape index (κ3) is 4.23. The highest BCUT2D eigenvalue weighted by Crippen LogP contribution is 2.23. The lowest BCUT2D eigenvalue weighted by molar-refractivity contribution is 0.252. The number of rotatable bonds is 5. The summed E-state index contributed by atoms with van der Waals surface area (Å²) in [5.74, 6) is 0.655. The van der Waals surface area contributed by atoms with E-state index in [1.54, 1.807) is 7.05 Å². The van der Waals surface area contributed by atoms with Crippen LogP contribution in [0.15, 0.2) is 0 Å². The summed E-state index contributed by atoms with van der Waals surface area (Å²) < 4.78 is 25.8. The molecule has 0 aromatic carbocycles. The fourth-order valence-corrected chi connectivity index (χ4v) is 4.06. The van der Waals surface area contributed by atoms with Gasteiger partial charge in [0.05, 0.1) is 5.75 Å². The van der Waals surface area contributed by atoms with E-state index in [-0.39, 0.29) is 17.8 Å². The number of sulfonamides is 1. The number of hydrogen-bond acceptors (Lipinski definition) is 3. The highest BCUT2D eigenvalue weighted by molar-refractivity contribution is 7.89. The van der Waals surface area contributed by atoms with Crippen molar-refractivity contribution in [3.63, 3.8) is 0 Å². The molecule has 102 valence electrons. The van der Waals surface area contributed by atoms with Crippen molar-refractivity contribution in [2.45, 2.75) is 58.0 Å². The molecule has 17 heavy (non-hydrogen) atoms. The van der Waals surface area contributed by atoms with Crippen molar-refractivity contribution in [3.05, 3.63) is 0 Å². The van der Waals surface area contributed by atoms with Gasteiger partial charge in [0.15, 0.2) is 0 Å². The van der Waals surface area contributed by atoms with E-state index < -0.39 is 10.0 Å². The molecule has 0 spiro atoms. The Bertz CT molecular complexity index is 327. The largest absolute Gasteiger partial charge is 0.326 e. The zero-order valence-corrected chi connectivity index (χ0v) is 12.0. The van der Waals surface area contributed by atoms with Gasteiger partial charge >= 0.3 is 0 Å². The third-order valence-corrected chi connectivity index (χ3v) is 5.54. The average Bonchev–Trinajstić information content (AvgIpc) is 2.26. The fourth-order valence-electron chi connectivity index (χ4n) is 2.33. The van der Waals surface area contributed by atoms with Crippen LogP contribution in [0.1, 0.15) is 46.0 Å². The molecule has 0 radical (unpaired) electrons. The lowest BCUT2D eigenvalue weighted by Crippen LogP contribution is -2.50. The van der Waals surface area contributed by atoms with Gasteiger partial charge in [0.2, 0.25) is 10.0 Å². The second-order valence-electron chi connectivity index (χ2n) is 5.53. The van der Waals surface area contributed by atoms with Crippen LogP contribution in [0.5, 0.6) is 0 Å². The van der Waals surface area contributed by atoms with Crippen molar-refractivity contribution in [1.82, 2.24) is 4.31 Å². The maximum absolute atomic E-state index is 12.2. The first-order valence-electron chi connectivity index (χ1n) is 6.56. The Morgan fingerprint density at radius 3 is 2.41 bits per heavy atom. The normalized spacial score (nSPS) is 26.7. The smallest absolute Gasteiger partial charge is 0.214 e. The molecule has 1 aliphatic rings. The lowest BCUT2D eigenvalue weighted by atomic mass is 9.91. The maximum atomic E-state index is 12.2. The average molecular weight is 262 g/mol. The molecular weight excluding hydrogens is 236 g/mol. The molecule has 2 atom stereocenters. The van der Waals surface area contributed by atoms with Gasteiger partial charge in [-0.2, -0.15) is 0 Å². The molecule has 1 fully saturated rings. The second-order valence-corrected chi connectivity index (χ2v) is 7.68. The summed E-state index contributed by atoms with van der Waals surface area (Å²) in [5, 5.41) is 0. The molecule has 0 aromatic rings. The molecule has 5 heteroatoms. The van der Waals surface area contributed by atoms with Crippen LogP contribution >= 0.6 is 0 Å². The van der Waals surface area contributed by atoms with E-state index in [2.05, 4.69) is 0 Å². The topological polar surface area (TPSA) is 63.4 Å². The number of hydrogen-bond donors (Lipinski definition) is 1. The van der Waals surface area contributed by atoms with E-state index in [4.69, 9.17) is 5.73 Å². The minimum Gasteiger partial charge on any atom is -0.326 e. The lowest BCUT2D eigenvalue weighted by Gasteiger charge is -2.35. The molecular formula is C12H26N2O2S. The van der Waals surface area contributed by atoms with E-state index in [0.717, 1.165) is 25.7 Å². The van der Waals surface area contributed by atoms with E-state index >= 15 is 0 Å². The Hall–Kier alpha value is -0.130. The highest BCUT2D eigenvalue weighted by Gasteiger charge is 2.32. The molecule has 1 saturated carbocycles. The van der Waals surface area contributed by atoms with Gasteiger partial charge in [0.25, 0.3) is 0 Å².